The number of rotatable bonds is 3. The summed E-state index contributed by atoms with van der Waals surface area (Å²) in [5.41, 5.74) is 6.88. The molecule has 0 fully saturated rings. The summed E-state index contributed by atoms with van der Waals surface area (Å²) in [7, 11) is 1.69. The molecule has 0 unspecified atom stereocenters. The van der Waals surface area contributed by atoms with E-state index in [-0.39, 0.29) is 0 Å². The lowest BCUT2D eigenvalue weighted by Crippen LogP contribution is -2.03. The van der Waals surface area contributed by atoms with Gasteiger partial charge < -0.3 is 10.5 Å². The van der Waals surface area contributed by atoms with Gasteiger partial charge in [0.2, 0.25) is 0 Å². The summed E-state index contributed by atoms with van der Waals surface area (Å²) in [5.74, 6) is 0.895. The van der Waals surface area contributed by atoms with Crippen molar-refractivity contribution in [2.24, 2.45) is 5.73 Å². The summed E-state index contributed by atoms with van der Waals surface area (Å²) in [4.78, 5) is 0. The Morgan fingerprint density at radius 3 is 2.53 bits per heavy atom. The van der Waals surface area contributed by atoms with Crippen molar-refractivity contribution < 1.29 is 4.74 Å². The minimum atomic E-state index is 0.677. The number of nitrogens with two attached hydrogens (primary N) is 1. The molecule has 0 heterocycles. The van der Waals surface area contributed by atoms with Crippen LogP contribution >= 0.6 is 0 Å². The lowest BCUT2D eigenvalue weighted by Gasteiger charge is -2.07. The Kier molecular flexibility index (Phi) is 5.50. The minimum Gasteiger partial charge on any atom is -0.497 e. The van der Waals surface area contributed by atoms with Gasteiger partial charge in [-0.05, 0) is 41.4 Å². The second kappa shape index (κ2) is 6.92. The number of ether oxygens (including phenoxy) is 1. The maximum Gasteiger partial charge on any atom is 0.119 e. The van der Waals surface area contributed by atoms with Crippen LogP contribution < -0.4 is 10.5 Å². The second-order valence-electron chi connectivity index (χ2n) is 3.54. The summed E-state index contributed by atoms with van der Waals surface area (Å²) < 4.78 is 5.22. The molecule has 2 rings (SSSR count). The van der Waals surface area contributed by atoms with Crippen LogP contribution in [0.15, 0.2) is 36.4 Å². The first-order chi connectivity index (χ1) is 8.35. The zero-order chi connectivity index (χ0) is 12.7. The van der Waals surface area contributed by atoms with Crippen molar-refractivity contribution in [1.29, 1.82) is 0 Å². The highest BCUT2D eigenvalue weighted by molar-refractivity contribution is 5.87. The van der Waals surface area contributed by atoms with E-state index in [0.717, 1.165) is 12.2 Å². The molecule has 0 bridgehead atoms. The average Bonchev–Trinajstić information content (AvgIpc) is 2.41. The fourth-order valence-corrected chi connectivity index (χ4v) is 1.82. The topological polar surface area (TPSA) is 35.2 Å². The van der Waals surface area contributed by atoms with E-state index < -0.39 is 0 Å². The molecule has 2 aromatic carbocycles. The van der Waals surface area contributed by atoms with E-state index in [1.165, 1.54) is 16.3 Å². The molecule has 0 atom stereocenters. The highest BCUT2D eigenvalue weighted by atomic mass is 16.5. The molecular formula is C15H21NO. The fraction of sp³-hybridized carbons (Fsp3) is 0.333. The number of hydrogen-bond acceptors (Lipinski definition) is 2. The smallest absolute Gasteiger partial charge is 0.119 e. The normalized spacial score (nSPS) is 9.65. The van der Waals surface area contributed by atoms with E-state index >= 15 is 0 Å². The van der Waals surface area contributed by atoms with Gasteiger partial charge in [0.05, 0.1) is 7.11 Å². The van der Waals surface area contributed by atoms with Crippen LogP contribution in [0, 0.1) is 0 Å². The number of fused-ring (bicyclic) bond motifs is 1. The Hall–Kier alpha value is -1.54. The van der Waals surface area contributed by atoms with E-state index in [2.05, 4.69) is 30.3 Å². The van der Waals surface area contributed by atoms with Crippen molar-refractivity contribution in [3.63, 3.8) is 0 Å². The molecule has 0 aliphatic rings. The van der Waals surface area contributed by atoms with E-state index in [1.54, 1.807) is 7.11 Å². The van der Waals surface area contributed by atoms with Crippen molar-refractivity contribution in [3.05, 3.63) is 42.0 Å². The summed E-state index contributed by atoms with van der Waals surface area (Å²) >= 11 is 0. The standard InChI is InChI=1S/C13H15NO.C2H6/c1-15-12-6-5-10-3-2-4-11(7-8-14)13(10)9-12;1-2/h2-6,9H,7-8,14H2,1H3;1-2H3. The lowest BCUT2D eigenvalue weighted by atomic mass is 10.0. The largest absolute Gasteiger partial charge is 0.497 e. The zero-order valence-electron chi connectivity index (χ0n) is 10.9. The van der Waals surface area contributed by atoms with Crippen molar-refractivity contribution in [1.82, 2.24) is 0 Å². The Morgan fingerprint density at radius 2 is 1.88 bits per heavy atom. The van der Waals surface area contributed by atoms with E-state index in [4.69, 9.17) is 10.5 Å². The van der Waals surface area contributed by atoms with Gasteiger partial charge >= 0.3 is 0 Å². The summed E-state index contributed by atoms with van der Waals surface area (Å²) in [6.45, 7) is 4.68. The molecule has 2 aromatic rings. The Bertz CT molecular complexity index is 465. The Balaban J connectivity index is 0.000000686. The van der Waals surface area contributed by atoms with Gasteiger partial charge in [0.25, 0.3) is 0 Å². The molecule has 2 N–H and O–H groups in total. The predicted octanol–water partition coefficient (Wildman–Crippen LogP) is 3.38. The third-order valence-electron chi connectivity index (χ3n) is 2.59. The van der Waals surface area contributed by atoms with Gasteiger partial charge in [0.15, 0.2) is 0 Å². The molecule has 0 radical (unpaired) electrons. The van der Waals surface area contributed by atoms with Crippen LogP contribution in [0.25, 0.3) is 10.8 Å². The van der Waals surface area contributed by atoms with Crippen molar-refractivity contribution >= 4 is 10.8 Å². The molecular weight excluding hydrogens is 210 g/mol. The van der Waals surface area contributed by atoms with Crippen molar-refractivity contribution in [3.8, 4) is 5.75 Å². The summed E-state index contributed by atoms with van der Waals surface area (Å²) in [6, 6.07) is 12.4. The van der Waals surface area contributed by atoms with Crippen LogP contribution in [-0.4, -0.2) is 13.7 Å². The third kappa shape index (κ3) is 3.21. The first-order valence-electron chi connectivity index (χ1n) is 6.11. The first-order valence-corrected chi connectivity index (χ1v) is 6.11. The molecule has 92 valence electrons. The molecule has 0 aliphatic heterocycles. The maximum absolute atomic E-state index is 5.59. The predicted molar refractivity (Wildman–Crippen MR) is 74.6 cm³/mol. The maximum atomic E-state index is 5.59. The van der Waals surface area contributed by atoms with Gasteiger partial charge in [-0.25, -0.2) is 0 Å². The number of hydrogen-bond donors (Lipinski definition) is 1. The van der Waals surface area contributed by atoms with Crippen LogP contribution in [-0.2, 0) is 6.42 Å². The van der Waals surface area contributed by atoms with Gasteiger partial charge in [-0.3, -0.25) is 0 Å². The van der Waals surface area contributed by atoms with Gasteiger partial charge in [-0.15, -0.1) is 0 Å². The van der Waals surface area contributed by atoms with Gasteiger partial charge in [0.1, 0.15) is 5.75 Å². The average molecular weight is 231 g/mol. The molecule has 2 nitrogen and oxygen atoms in total. The van der Waals surface area contributed by atoms with Gasteiger partial charge in [-0.1, -0.05) is 38.1 Å². The van der Waals surface area contributed by atoms with Gasteiger partial charge in [0, 0.05) is 0 Å². The highest BCUT2D eigenvalue weighted by Crippen LogP contribution is 2.24. The minimum absolute atomic E-state index is 0.677. The molecule has 0 aromatic heterocycles. The van der Waals surface area contributed by atoms with Crippen LogP contribution in [0.5, 0.6) is 5.75 Å². The van der Waals surface area contributed by atoms with E-state index in [0.29, 0.717) is 6.54 Å². The molecule has 0 amide bonds. The fourth-order valence-electron chi connectivity index (χ4n) is 1.82. The summed E-state index contributed by atoms with van der Waals surface area (Å²) in [5, 5.41) is 2.48. The SMILES string of the molecule is CC.COc1ccc2cccc(CCN)c2c1. The lowest BCUT2D eigenvalue weighted by molar-refractivity contribution is 0.415. The molecule has 17 heavy (non-hydrogen) atoms. The van der Waals surface area contributed by atoms with Gasteiger partial charge in [-0.2, -0.15) is 0 Å². The van der Waals surface area contributed by atoms with Crippen molar-refractivity contribution in [2.45, 2.75) is 20.3 Å². The molecule has 0 saturated carbocycles. The second-order valence-corrected chi connectivity index (χ2v) is 3.54. The zero-order valence-corrected chi connectivity index (χ0v) is 10.9. The molecule has 0 aliphatic carbocycles. The van der Waals surface area contributed by atoms with E-state index in [9.17, 15) is 0 Å². The third-order valence-corrected chi connectivity index (χ3v) is 2.59. The monoisotopic (exact) mass is 231 g/mol. The molecule has 0 saturated heterocycles. The van der Waals surface area contributed by atoms with E-state index in [1.807, 2.05) is 19.9 Å². The molecule has 0 spiro atoms. The Morgan fingerprint density at radius 1 is 1.12 bits per heavy atom. The highest BCUT2D eigenvalue weighted by Gasteiger charge is 2.01. The summed E-state index contributed by atoms with van der Waals surface area (Å²) in [6.07, 6.45) is 0.907. The van der Waals surface area contributed by atoms with Crippen LogP contribution in [0.1, 0.15) is 19.4 Å². The Labute approximate surface area is 103 Å². The first kappa shape index (κ1) is 13.5. The van der Waals surface area contributed by atoms with Crippen LogP contribution in [0.3, 0.4) is 0 Å². The van der Waals surface area contributed by atoms with Crippen LogP contribution in [0.4, 0.5) is 0 Å². The van der Waals surface area contributed by atoms with Crippen molar-refractivity contribution in [2.75, 3.05) is 13.7 Å². The number of benzene rings is 2. The molecule has 2 heteroatoms. The quantitative estimate of drug-likeness (QED) is 0.879. The number of methoxy groups -OCH3 is 1. The van der Waals surface area contributed by atoms with Crippen LogP contribution in [0.2, 0.25) is 0 Å².